The fraction of sp³-hybridized carbons (Fsp3) is 0.0227. The molecule has 237 valence electrons. The number of rotatable bonds is 4. The molecule has 5 aromatic carbocycles. The molecular weight excluding hydrogens is 779 g/mol. The van der Waals surface area contributed by atoms with Crippen molar-refractivity contribution in [1.29, 1.82) is 0 Å². The summed E-state index contributed by atoms with van der Waals surface area (Å²) in [6.07, 6.45) is 6.95. The fourth-order valence-corrected chi connectivity index (χ4v) is 6.00. The first-order chi connectivity index (χ1) is 24.9. The van der Waals surface area contributed by atoms with Crippen LogP contribution in [0.3, 0.4) is 0 Å². The Kier molecular flexibility index (Phi) is 8.18. The summed E-state index contributed by atoms with van der Waals surface area (Å²) in [5, 5.41) is 4.37. The van der Waals surface area contributed by atoms with Crippen molar-refractivity contribution in [3.05, 3.63) is 176 Å². The number of fused-ring (bicyclic) bond motifs is 4. The van der Waals surface area contributed by atoms with E-state index < -0.39 is 6.85 Å². The number of furan rings is 1. The second kappa shape index (κ2) is 14.2. The van der Waals surface area contributed by atoms with Crippen LogP contribution in [0.2, 0.25) is 0 Å². The quantitative estimate of drug-likeness (QED) is 0.166. The van der Waals surface area contributed by atoms with Crippen LogP contribution in [0, 0.1) is 19.0 Å². The molecule has 0 unspecified atom stereocenters. The predicted molar refractivity (Wildman–Crippen MR) is 195 cm³/mol. The molecule has 0 aliphatic heterocycles. The molecule has 9 rings (SSSR count). The van der Waals surface area contributed by atoms with Crippen molar-refractivity contribution in [1.82, 2.24) is 15.0 Å². The van der Waals surface area contributed by atoms with Crippen LogP contribution in [0.25, 0.3) is 77.5 Å². The molecule has 0 fully saturated rings. The molecule has 0 atom stereocenters. The number of hydrogen-bond donors (Lipinski definition) is 0. The molecule has 5 heteroatoms. The zero-order chi connectivity index (χ0) is 34.8. The average Bonchev–Trinajstić information content (AvgIpc) is 3.57. The van der Waals surface area contributed by atoms with Crippen molar-refractivity contribution >= 4 is 32.7 Å². The van der Waals surface area contributed by atoms with Gasteiger partial charge in [-0.2, -0.15) is 0 Å². The number of aryl methyl sites for hydroxylation is 1. The second-order valence-corrected chi connectivity index (χ2v) is 11.3. The van der Waals surface area contributed by atoms with Crippen LogP contribution in [0.5, 0.6) is 0 Å². The van der Waals surface area contributed by atoms with Crippen LogP contribution in [-0.4, -0.2) is 15.0 Å². The van der Waals surface area contributed by atoms with Crippen LogP contribution < -0.4 is 0 Å². The normalized spacial score (nSPS) is 12.0. The molecule has 0 aliphatic carbocycles. The van der Waals surface area contributed by atoms with Gasteiger partial charge in [0.05, 0.1) is 5.58 Å². The van der Waals surface area contributed by atoms with Gasteiger partial charge in [0.1, 0.15) is 5.58 Å². The van der Waals surface area contributed by atoms with Gasteiger partial charge in [-0.15, -0.1) is 54.1 Å². The van der Waals surface area contributed by atoms with E-state index in [1.165, 1.54) is 6.20 Å². The second-order valence-electron chi connectivity index (χ2n) is 11.3. The van der Waals surface area contributed by atoms with Gasteiger partial charge in [-0.1, -0.05) is 83.7 Å². The zero-order valence-corrected chi connectivity index (χ0v) is 28.5. The van der Waals surface area contributed by atoms with Crippen LogP contribution in [-0.2, 0) is 20.1 Å². The van der Waals surface area contributed by atoms with E-state index in [1.54, 1.807) is 24.4 Å². The van der Waals surface area contributed by atoms with Crippen molar-refractivity contribution in [2.45, 2.75) is 6.85 Å². The molecule has 4 aromatic heterocycles. The summed E-state index contributed by atoms with van der Waals surface area (Å²) < 4.78 is 28.4. The van der Waals surface area contributed by atoms with Gasteiger partial charge in [0.15, 0.2) is 0 Å². The zero-order valence-electron chi connectivity index (χ0n) is 29.1. The summed E-state index contributed by atoms with van der Waals surface area (Å²) in [5.41, 5.74) is 9.66. The minimum atomic E-state index is -2.09. The van der Waals surface area contributed by atoms with E-state index in [0.29, 0.717) is 0 Å². The predicted octanol–water partition coefficient (Wildman–Crippen LogP) is 11.2. The molecule has 0 spiro atoms. The van der Waals surface area contributed by atoms with Gasteiger partial charge in [-0.05, 0) is 70.1 Å². The molecule has 49 heavy (non-hydrogen) atoms. The molecule has 4 heterocycles. The Hall–Kier alpha value is -5.74. The topological polar surface area (TPSA) is 51.8 Å². The van der Waals surface area contributed by atoms with Gasteiger partial charge < -0.3 is 14.4 Å². The van der Waals surface area contributed by atoms with E-state index in [2.05, 4.69) is 87.7 Å². The van der Waals surface area contributed by atoms with Gasteiger partial charge in [-0.25, -0.2) is 0 Å². The molecule has 0 amide bonds. The minimum Gasteiger partial charge on any atom is -0.500 e. The molecule has 0 aliphatic rings. The molecule has 0 saturated heterocycles. The average molecular weight is 811 g/mol. The summed E-state index contributed by atoms with van der Waals surface area (Å²) in [4.78, 5) is 13.1. The van der Waals surface area contributed by atoms with Crippen molar-refractivity contribution in [2.24, 2.45) is 0 Å². The van der Waals surface area contributed by atoms with E-state index >= 15 is 0 Å². The first kappa shape index (κ1) is 28.3. The van der Waals surface area contributed by atoms with E-state index in [0.717, 1.165) is 77.5 Å². The Labute approximate surface area is 302 Å². The maximum absolute atomic E-state index is 7.23. The van der Waals surface area contributed by atoms with Gasteiger partial charge in [0.25, 0.3) is 0 Å². The number of hydrogen-bond acceptors (Lipinski definition) is 4. The Bertz CT molecular complexity index is 2610. The SMILES string of the molecule is [2H]C([2H])([2H])c1ccc(-c2[c-]cccc2)nc1.[Ir].[c-]1ccc2c(oc3c(-c4cccc5ccncc45)cc(-c4ccccc4)cc32)c1-c1ccccn1. The van der Waals surface area contributed by atoms with E-state index in [-0.39, 0.29) is 25.7 Å². The summed E-state index contributed by atoms with van der Waals surface area (Å²) in [6, 6.07) is 50.4. The molecule has 0 N–H and O–H groups in total. The number of nitrogens with zero attached hydrogens (tertiary/aromatic N) is 3. The fourth-order valence-electron chi connectivity index (χ4n) is 6.00. The van der Waals surface area contributed by atoms with Crippen LogP contribution in [0.1, 0.15) is 9.68 Å². The maximum Gasteiger partial charge on any atom is 0.128 e. The standard InChI is InChI=1S/C32H19N2O.C12H10N.Ir/c1-2-8-21(9-3-1)23-18-27(24-11-6-10-22-15-17-33-20-29(22)24)32-28(19-23)25-12-7-13-26(31(25)35-32)30-14-4-5-16-34-30;1-10-7-8-12(13-9-10)11-5-3-2-4-6-11;/h1-12,14-20H;2-5,7-9H,1H3;/q2*-1;/i;1D3;. The van der Waals surface area contributed by atoms with E-state index in [9.17, 15) is 0 Å². The van der Waals surface area contributed by atoms with Gasteiger partial charge >= 0.3 is 0 Å². The first-order valence-corrected chi connectivity index (χ1v) is 15.6. The van der Waals surface area contributed by atoms with Crippen molar-refractivity contribution in [3.63, 3.8) is 0 Å². The largest absolute Gasteiger partial charge is 0.500 e. The molecule has 0 saturated carbocycles. The summed E-state index contributed by atoms with van der Waals surface area (Å²) in [7, 11) is 0. The summed E-state index contributed by atoms with van der Waals surface area (Å²) >= 11 is 0. The van der Waals surface area contributed by atoms with Crippen LogP contribution in [0.4, 0.5) is 0 Å². The van der Waals surface area contributed by atoms with E-state index in [4.69, 9.17) is 8.53 Å². The van der Waals surface area contributed by atoms with Gasteiger partial charge in [-0.3, -0.25) is 4.98 Å². The number of pyridine rings is 3. The van der Waals surface area contributed by atoms with Crippen molar-refractivity contribution in [3.8, 4) is 44.8 Å². The van der Waals surface area contributed by atoms with E-state index in [1.807, 2.05) is 67.0 Å². The molecule has 1 radical (unpaired) electrons. The molecular formula is C44H29IrN3O-2. The Morgan fingerprint density at radius 2 is 1.49 bits per heavy atom. The third-order valence-electron chi connectivity index (χ3n) is 8.28. The summed E-state index contributed by atoms with van der Waals surface area (Å²) in [6.45, 7) is -2.09. The molecule has 9 aromatic rings. The smallest absolute Gasteiger partial charge is 0.128 e. The van der Waals surface area contributed by atoms with Gasteiger partial charge in [0, 0.05) is 65.3 Å². The van der Waals surface area contributed by atoms with Gasteiger partial charge in [0.2, 0.25) is 0 Å². The van der Waals surface area contributed by atoms with Crippen molar-refractivity contribution < 1.29 is 28.6 Å². The third kappa shape index (κ3) is 6.42. The van der Waals surface area contributed by atoms with Crippen LogP contribution >= 0.6 is 0 Å². The first-order valence-electron chi connectivity index (χ1n) is 17.1. The Morgan fingerprint density at radius 3 is 2.29 bits per heavy atom. The number of benzene rings is 5. The molecule has 4 nitrogen and oxygen atoms in total. The Morgan fingerprint density at radius 1 is 0.592 bits per heavy atom. The minimum absolute atomic E-state index is 0. The third-order valence-corrected chi connectivity index (χ3v) is 8.28. The monoisotopic (exact) mass is 811 g/mol. The number of aromatic nitrogens is 3. The summed E-state index contributed by atoms with van der Waals surface area (Å²) in [5.74, 6) is 0. The van der Waals surface area contributed by atoms with Crippen LogP contribution in [0.15, 0.2) is 163 Å². The maximum atomic E-state index is 7.23. The van der Waals surface area contributed by atoms with Crippen molar-refractivity contribution in [2.75, 3.05) is 0 Å². The molecule has 0 bridgehead atoms. The Balaban J connectivity index is 0.000000209.